The number of halogens is 1. The molecule has 0 aromatic heterocycles. The average Bonchev–Trinajstić information content (AvgIpc) is 3.24. The fourth-order valence-electron chi connectivity index (χ4n) is 4.21. The van der Waals surface area contributed by atoms with Crippen LogP contribution in [-0.4, -0.2) is 24.4 Å². The van der Waals surface area contributed by atoms with Crippen molar-refractivity contribution < 1.29 is 14.2 Å². The van der Waals surface area contributed by atoms with Gasteiger partial charge in [-0.25, -0.2) is 5.01 Å². The van der Waals surface area contributed by atoms with Gasteiger partial charge in [0.1, 0.15) is 5.75 Å². The number of para-hydroxylation sites is 1. The van der Waals surface area contributed by atoms with E-state index in [1.165, 1.54) is 0 Å². The number of methoxy groups -OCH3 is 1. The van der Waals surface area contributed by atoms with Gasteiger partial charge in [0.2, 0.25) is 6.23 Å². The third-order valence-electron chi connectivity index (χ3n) is 5.63. The molecule has 0 unspecified atom stereocenters. The number of fused-ring (bicyclic) bond motifs is 3. The smallest absolute Gasteiger partial charge is 0.214 e. The van der Waals surface area contributed by atoms with Gasteiger partial charge in [0.25, 0.3) is 0 Å². The summed E-state index contributed by atoms with van der Waals surface area (Å²) in [6.45, 7) is 2.63. The SMILES string of the molecule is CCOc1ccc(C2=NN3[C@@H](c4cccc(Cl)c4)Oc4c(OC)cccc4[C@@H]3C2)cc1. The van der Waals surface area contributed by atoms with Gasteiger partial charge in [0.15, 0.2) is 11.5 Å². The number of benzene rings is 3. The van der Waals surface area contributed by atoms with Crippen molar-refractivity contribution in [2.45, 2.75) is 25.6 Å². The maximum absolute atomic E-state index is 6.46. The first-order valence-corrected chi connectivity index (χ1v) is 10.7. The first-order valence-electron chi connectivity index (χ1n) is 10.4. The van der Waals surface area contributed by atoms with Crippen molar-refractivity contribution in [2.75, 3.05) is 13.7 Å². The van der Waals surface area contributed by atoms with Gasteiger partial charge in [-0.2, -0.15) is 5.10 Å². The van der Waals surface area contributed by atoms with E-state index in [0.29, 0.717) is 11.6 Å². The molecular weight excluding hydrogens is 412 g/mol. The molecule has 6 heteroatoms. The molecule has 2 aliphatic rings. The lowest BCUT2D eigenvalue weighted by Gasteiger charge is -2.38. The summed E-state index contributed by atoms with van der Waals surface area (Å²) in [5.41, 5.74) is 4.11. The van der Waals surface area contributed by atoms with Crippen LogP contribution >= 0.6 is 11.6 Å². The van der Waals surface area contributed by atoms with Crippen molar-refractivity contribution in [3.05, 3.63) is 88.4 Å². The molecule has 158 valence electrons. The van der Waals surface area contributed by atoms with Gasteiger partial charge in [0, 0.05) is 22.6 Å². The largest absolute Gasteiger partial charge is 0.494 e. The lowest BCUT2D eigenvalue weighted by atomic mass is 9.95. The molecule has 0 radical (unpaired) electrons. The fraction of sp³-hybridized carbons (Fsp3) is 0.240. The minimum atomic E-state index is -0.396. The molecule has 0 N–H and O–H groups in total. The molecule has 0 fully saturated rings. The monoisotopic (exact) mass is 434 g/mol. The fourth-order valence-corrected chi connectivity index (χ4v) is 4.41. The number of hydrazone groups is 1. The summed E-state index contributed by atoms with van der Waals surface area (Å²) in [6, 6.07) is 21.9. The van der Waals surface area contributed by atoms with Crippen molar-refractivity contribution in [1.29, 1.82) is 0 Å². The van der Waals surface area contributed by atoms with E-state index in [9.17, 15) is 0 Å². The third kappa shape index (κ3) is 3.59. The summed E-state index contributed by atoms with van der Waals surface area (Å²) in [5, 5.41) is 7.70. The zero-order valence-electron chi connectivity index (χ0n) is 17.4. The highest BCUT2D eigenvalue weighted by Crippen LogP contribution is 2.50. The molecule has 0 bridgehead atoms. The molecule has 5 rings (SSSR count). The Kier molecular flexibility index (Phi) is 5.20. The van der Waals surface area contributed by atoms with Crippen LogP contribution in [0.3, 0.4) is 0 Å². The Balaban J connectivity index is 1.57. The molecule has 0 aliphatic carbocycles. The van der Waals surface area contributed by atoms with Crippen LogP contribution in [0.2, 0.25) is 5.02 Å². The molecule has 0 spiro atoms. The summed E-state index contributed by atoms with van der Waals surface area (Å²) in [5.74, 6) is 2.34. The molecular formula is C25H23ClN2O3. The number of rotatable bonds is 5. The van der Waals surface area contributed by atoms with Crippen LogP contribution in [0, 0.1) is 0 Å². The van der Waals surface area contributed by atoms with Crippen LogP contribution in [0.15, 0.2) is 71.8 Å². The third-order valence-corrected chi connectivity index (χ3v) is 5.87. The molecule has 3 aromatic carbocycles. The second kappa shape index (κ2) is 8.16. The Morgan fingerprint density at radius 3 is 2.65 bits per heavy atom. The van der Waals surface area contributed by atoms with Gasteiger partial charge < -0.3 is 14.2 Å². The maximum atomic E-state index is 6.46. The van der Waals surface area contributed by atoms with Gasteiger partial charge in [-0.3, -0.25) is 0 Å². The van der Waals surface area contributed by atoms with Crippen molar-refractivity contribution in [2.24, 2.45) is 5.10 Å². The van der Waals surface area contributed by atoms with E-state index in [2.05, 4.69) is 18.2 Å². The van der Waals surface area contributed by atoms with E-state index < -0.39 is 6.23 Å². The molecule has 5 nitrogen and oxygen atoms in total. The molecule has 0 saturated heterocycles. The molecule has 2 aliphatic heterocycles. The van der Waals surface area contributed by atoms with E-state index in [1.807, 2.05) is 60.5 Å². The van der Waals surface area contributed by atoms with Crippen molar-refractivity contribution in [1.82, 2.24) is 5.01 Å². The average molecular weight is 435 g/mol. The number of nitrogens with zero attached hydrogens (tertiary/aromatic N) is 2. The number of ether oxygens (including phenoxy) is 3. The second-order valence-electron chi connectivity index (χ2n) is 7.51. The lowest BCUT2D eigenvalue weighted by Crippen LogP contribution is -2.33. The highest BCUT2D eigenvalue weighted by molar-refractivity contribution is 6.30. The van der Waals surface area contributed by atoms with Crippen LogP contribution in [-0.2, 0) is 0 Å². The van der Waals surface area contributed by atoms with Crippen LogP contribution in [0.1, 0.15) is 42.3 Å². The summed E-state index contributed by atoms with van der Waals surface area (Å²) < 4.78 is 17.6. The minimum absolute atomic E-state index is 0.0457. The maximum Gasteiger partial charge on any atom is 0.214 e. The summed E-state index contributed by atoms with van der Waals surface area (Å²) in [7, 11) is 1.66. The van der Waals surface area contributed by atoms with E-state index in [1.54, 1.807) is 7.11 Å². The first-order chi connectivity index (χ1) is 15.2. The van der Waals surface area contributed by atoms with E-state index >= 15 is 0 Å². The van der Waals surface area contributed by atoms with Gasteiger partial charge in [-0.05, 0) is 55.0 Å². The molecule has 0 saturated carbocycles. The second-order valence-corrected chi connectivity index (χ2v) is 7.94. The van der Waals surface area contributed by atoms with E-state index in [0.717, 1.165) is 46.1 Å². The number of hydrogen-bond acceptors (Lipinski definition) is 5. The zero-order valence-corrected chi connectivity index (χ0v) is 18.2. The predicted molar refractivity (Wildman–Crippen MR) is 121 cm³/mol. The highest BCUT2D eigenvalue weighted by atomic mass is 35.5. The topological polar surface area (TPSA) is 43.3 Å². The molecule has 2 atom stereocenters. The summed E-state index contributed by atoms with van der Waals surface area (Å²) >= 11 is 6.28. The Morgan fingerprint density at radius 2 is 1.90 bits per heavy atom. The molecule has 31 heavy (non-hydrogen) atoms. The summed E-state index contributed by atoms with van der Waals surface area (Å²) in [6.07, 6.45) is 0.377. The zero-order chi connectivity index (χ0) is 21.4. The Labute approximate surface area is 186 Å². The van der Waals surface area contributed by atoms with Crippen LogP contribution in [0.25, 0.3) is 0 Å². The van der Waals surface area contributed by atoms with Crippen molar-refractivity contribution in [3.63, 3.8) is 0 Å². The quantitative estimate of drug-likeness (QED) is 0.494. The molecule has 0 amide bonds. The van der Waals surface area contributed by atoms with Crippen LogP contribution < -0.4 is 14.2 Å². The van der Waals surface area contributed by atoms with E-state index in [4.69, 9.17) is 30.9 Å². The first kappa shape index (κ1) is 19.8. The van der Waals surface area contributed by atoms with Gasteiger partial charge in [-0.1, -0.05) is 35.9 Å². The Hall–Kier alpha value is -3.18. The van der Waals surface area contributed by atoms with Gasteiger partial charge in [-0.15, -0.1) is 0 Å². The van der Waals surface area contributed by atoms with Crippen molar-refractivity contribution in [3.8, 4) is 17.2 Å². The minimum Gasteiger partial charge on any atom is -0.494 e. The molecule has 3 aromatic rings. The lowest BCUT2D eigenvalue weighted by molar-refractivity contribution is -0.0208. The van der Waals surface area contributed by atoms with Crippen molar-refractivity contribution >= 4 is 17.3 Å². The Bertz CT molecular complexity index is 1130. The van der Waals surface area contributed by atoms with E-state index in [-0.39, 0.29) is 6.04 Å². The Morgan fingerprint density at radius 1 is 1.10 bits per heavy atom. The van der Waals surface area contributed by atoms with Crippen LogP contribution in [0.4, 0.5) is 0 Å². The summed E-state index contributed by atoms with van der Waals surface area (Å²) in [4.78, 5) is 0. The number of hydrogen-bond donors (Lipinski definition) is 0. The highest BCUT2D eigenvalue weighted by Gasteiger charge is 2.42. The molecule has 2 heterocycles. The van der Waals surface area contributed by atoms with Gasteiger partial charge in [0.05, 0.1) is 25.5 Å². The van der Waals surface area contributed by atoms with Crippen LogP contribution in [0.5, 0.6) is 17.2 Å². The standard InChI is InChI=1S/C25H23ClN2O3/c1-3-30-19-12-10-16(11-13-19)21-15-22-20-8-5-9-23(29-2)24(20)31-25(28(22)27-21)17-6-4-7-18(26)14-17/h4-14,22,25H,3,15H2,1-2H3/t22-,25+/m0/s1. The predicted octanol–water partition coefficient (Wildman–Crippen LogP) is 5.99. The van der Waals surface area contributed by atoms with Gasteiger partial charge >= 0.3 is 0 Å². The normalized spacial score (nSPS) is 19.2.